The number of nitrogens with two attached hydrogens (primary N) is 1. The Morgan fingerprint density at radius 1 is 1.35 bits per heavy atom. The number of hydrogen-bond donors (Lipinski definition) is 2. The number of pyridine rings is 1. The number of nitrogens with one attached hydrogen (secondary N) is 1. The van der Waals surface area contributed by atoms with Crippen molar-refractivity contribution in [3.05, 3.63) is 42.1 Å². The van der Waals surface area contributed by atoms with Gasteiger partial charge in [-0.15, -0.1) is 0 Å². The summed E-state index contributed by atoms with van der Waals surface area (Å²) in [5, 5.41) is 2.97. The van der Waals surface area contributed by atoms with Gasteiger partial charge in [0.15, 0.2) is 5.75 Å². The van der Waals surface area contributed by atoms with Crippen LogP contribution in [0.1, 0.15) is 29.6 Å². The number of carbonyl (C=O) groups is 1. The predicted molar refractivity (Wildman–Crippen MR) is 101 cm³/mol. The molecule has 0 saturated carbocycles. The quantitative estimate of drug-likeness (QED) is 0.746. The van der Waals surface area contributed by atoms with Gasteiger partial charge in [0, 0.05) is 37.1 Å². The number of benzene rings is 1. The summed E-state index contributed by atoms with van der Waals surface area (Å²) < 4.78 is 10.7. The molecule has 1 aliphatic rings. The van der Waals surface area contributed by atoms with E-state index in [9.17, 15) is 4.79 Å². The lowest BCUT2D eigenvalue weighted by Gasteiger charge is -2.11. The van der Waals surface area contributed by atoms with E-state index in [0.29, 0.717) is 35.2 Å². The minimum Gasteiger partial charge on any atom is -0.492 e. The third-order valence-electron chi connectivity index (χ3n) is 4.66. The number of amides is 1. The van der Waals surface area contributed by atoms with Gasteiger partial charge in [-0.05, 0) is 43.4 Å². The fourth-order valence-electron chi connectivity index (χ4n) is 3.17. The zero-order valence-corrected chi connectivity index (χ0v) is 15.0. The smallest absolute Gasteiger partial charge is 0.251 e. The monoisotopic (exact) mass is 355 g/mol. The largest absolute Gasteiger partial charge is 0.492 e. The Hall–Kier alpha value is -2.60. The molecule has 6 heteroatoms. The number of ether oxygens (including phenoxy) is 2. The van der Waals surface area contributed by atoms with Crippen LogP contribution in [0.15, 0.2) is 36.5 Å². The summed E-state index contributed by atoms with van der Waals surface area (Å²) in [6.07, 6.45) is 4.85. The number of carbonyl (C=O) groups excluding carboxylic acids is 1. The number of anilines is 1. The highest BCUT2D eigenvalue weighted by Gasteiger charge is 2.15. The Balaban J connectivity index is 1.57. The SMILES string of the molecule is COc1c(N)ccnc1-c1ccc(C(=O)NCCC[C@H]2CCOC2)cc1. The van der Waals surface area contributed by atoms with E-state index >= 15 is 0 Å². The first-order chi connectivity index (χ1) is 12.7. The Morgan fingerprint density at radius 2 is 2.15 bits per heavy atom. The van der Waals surface area contributed by atoms with E-state index in [2.05, 4.69) is 10.3 Å². The zero-order valence-electron chi connectivity index (χ0n) is 15.0. The maximum Gasteiger partial charge on any atom is 0.251 e. The molecule has 1 saturated heterocycles. The molecule has 2 heterocycles. The number of rotatable bonds is 7. The van der Waals surface area contributed by atoms with Crippen molar-refractivity contribution >= 4 is 11.6 Å². The molecule has 1 aliphatic heterocycles. The molecule has 1 aromatic heterocycles. The van der Waals surface area contributed by atoms with Crippen LogP contribution in [0.4, 0.5) is 5.69 Å². The highest BCUT2D eigenvalue weighted by molar-refractivity contribution is 5.94. The number of methoxy groups -OCH3 is 1. The molecule has 0 unspecified atom stereocenters. The van der Waals surface area contributed by atoms with Crippen LogP contribution in [0.25, 0.3) is 11.3 Å². The normalized spacial score (nSPS) is 16.4. The molecule has 1 amide bonds. The van der Waals surface area contributed by atoms with Gasteiger partial charge in [-0.2, -0.15) is 0 Å². The Labute approximate surface area is 153 Å². The molecule has 2 aromatic rings. The first kappa shape index (κ1) is 18.2. The molecule has 1 aromatic carbocycles. The van der Waals surface area contributed by atoms with E-state index in [1.54, 1.807) is 31.5 Å². The number of nitrogens with zero attached hydrogens (tertiary/aromatic N) is 1. The first-order valence-electron chi connectivity index (χ1n) is 8.94. The summed E-state index contributed by atoms with van der Waals surface area (Å²) in [7, 11) is 1.57. The van der Waals surface area contributed by atoms with Crippen molar-refractivity contribution < 1.29 is 14.3 Å². The van der Waals surface area contributed by atoms with Crippen LogP contribution in [0.5, 0.6) is 5.75 Å². The van der Waals surface area contributed by atoms with E-state index in [-0.39, 0.29) is 5.91 Å². The molecular weight excluding hydrogens is 330 g/mol. The minimum absolute atomic E-state index is 0.0632. The Kier molecular flexibility index (Phi) is 6.07. The van der Waals surface area contributed by atoms with Crippen LogP contribution in [0.2, 0.25) is 0 Å². The third kappa shape index (κ3) is 4.32. The lowest BCUT2D eigenvalue weighted by Crippen LogP contribution is -2.24. The van der Waals surface area contributed by atoms with Gasteiger partial charge in [0.05, 0.1) is 12.8 Å². The summed E-state index contributed by atoms with van der Waals surface area (Å²) in [6, 6.07) is 8.99. The summed E-state index contributed by atoms with van der Waals surface area (Å²) >= 11 is 0. The van der Waals surface area contributed by atoms with Crippen LogP contribution in [0.3, 0.4) is 0 Å². The van der Waals surface area contributed by atoms with E-state index in [1.165, 1.54) is 0 Å². The molecule has 138 valence electrons. The second-order valence-corrected chi connectivity index (χ2v) is 6.49. The van der Waals surface area contributed by atoms with Gasteiger partial charge in [0.25, 0.3) is 5.91 Å². The molecule has 0 bridgehead atoms. The van der Waals surface area contributed by atoms with Crippen molar-refractivity contribution in [2.24, 2.45) is 5.92 Å². The molecule has 1 atom stereocenters. The number of nitrogen functional groups attached to an aromatic ring is 1. The second kappa shape index (κ2) is 8.67. The lowest BCUT2D eigenvalue weighted by atomic mass is 10.0. The van der Waals surface area contributed by atoms with E-state index < -0.39 is 0 Å². The van der Waals surface area contributed by atoms with Crippen LogP contribution < -0.4 is 15.8 Å². The molecule has 6 nitrogen and oxygen atoms in total. The highest BCUT2D eigenvalue weighted by atomic mass is 16.5. The second-order valence-electron chi connectivity index (χ2n) is 6.49. The predicted octanol–water partition coefficient (Wildman–Crippen LogP) is 2.89. The van der Waals surface area contributed by atoms with Crippen LogP contribution in [0, 0.1) is 5.92 Å². The molecule has 1 fully saturated rings. The topological polar surface area (TPSA) is 86.5 Å². The average Bonchev–Trinajstić information content (AvgIpc) is 3.18. The van der Waals surface area contributed by atoms with E-state index in [1.807, 2.05) is 12.1 Å². The number of aromatic nitrogens is 1. The van der Waals surface area contributed by atoms with Crippen molar-refractivity contribution in [1.29, 1.82) is 0 Å². The number of hydrogen-bond acceptors (Lipinski definition) is 5. The van der Waals surface area contributed by atoms with Crippen molar-refractivity contribution in [1.82, 2.24) is 10.3 Å². The van der Waals surface area contributed by atoms with Crippen molar-refractivity contribution in [2.45, 2.75) is 19.3 Å². The lowest BCUT2D eigenvalue weighted by molar-refractivity contribution is 0.0952. The summed E-state index contributed by atoms with van der Waals surface area (Å²) in [4.78, 5) is 16.6. The molecule has 3 N–H and O–H groups in total. The van der Waals surface area contributed by atoms with Gasteiger partial charge in [0.1, 0.15) is 5.69 Å². The fraction of sp³-hybridized carbons (Fsp3) is 0.400. The van der Waals surface area contributed by atoms with E-state index in [0.717, 1.165) is 38.0 Å². The molecular formula is C20H25N3O3. The first-order valence-corrected chi connectivity index (χ1v) is 8.94. The summed E-state index contributed by atoms with van der Waals surface area (Å²) in [5.41, 5.74) is 8.60. The molecule has 0 spiro atoms. The van der Waals surface area contributed by atoms with Gasteiger partial charge in [0.2, 0.25) is 0 Å². The van der Waals surface area contributed by atoms with Crippen molar-refractivity contribution in [2.75, 3.05) is 32.6 Å². The molecule has 0 aliphatic carbocycles. The van der Waals surface area contributed by atoms with Crippen LogP contribution in [-0.2, 0) is 4.74 Å². The Bertz CT molecular complexity index is 740. The molecule has 26 heavy (non-hydrogen) atoms. The molecule has 0 radical (unpaired) electrons. The average molecular weight is 355 g/mol. The van der Waals surface area contributed by atoms with E-state index in [4.69, 9.17) is 15.2 Å². The van der Waals surface area contributed by atoms with Crippen LogP contribution >= 0.6 is 0 Å². The standard InChI is InChI=1S/C20H25N3O3/c1-25-19-17(21)8-11-22-18(19)15-4-6-16(7-5-15)20(24)23-10-2-3-14-9-12-26-13-14/h4-8,11,14H,2-3,9-10,12-13H2,1H3,(H2,21,22)(H,23,24)/t14-/m0/s1. The van der Waals surface area contributed by atoms with Gasteiger partial charge in [-0.3, -0.25) is 9.78 Å². The molecule has 3 rings (SSSR count). The third-order valence-corrected chi connectivity index (χ3v) is 4.66. The van der Waals surface area contributed by atoms with Gasteiger partial charge in [-0.1, -0.05) is 12.1 Å². The van der Waals surface area contributed by atoms with Gasteiger partial charge in [-0.25, -0.2) is 0 Å². The minimum atomic E-state index is -0.0632. The maximum absolute atomic E-state index is 12.3. The zero-order chi connectivity index (χ0) is 18.4. The van der Waals surface area contributed by atoms with Crippen LogP contribution in [-0.4, -0.2) is 37.8 Å². The fourth-order valence-corrected chi connectivity index (χ4v) is 3.17. The maximum atomic E-state index is 12.3. The van der Waals surface area contributed by atoms with Gasteiger partial charge < -0.3 is 20.5 Å². The van der Waals surface area contributed by atoms with Crippen molar-refractivity contribution in [3.63, 3.8) is 0 Å². The van der Waals surface area contributed by atoms with Crippen molar-refractivity contribution in [3.8, 4) is 17.0 Å². The Morgan fingerprint density at radius 3 is 2.85 bits per heavy atom. The highest BCUT2D eigenvalue weighted by Crippen LogP contribution is 2.32. The summed E-state index contributed by atoms with van der Waals surface area (Å²) in [5.74, 6) is 1.12. The summed E-state index contributed by atoms with van der Waals surface area (Å²) in [6.45, 7) is 2.41. The van der Waals surface area contributed by atoms with Gasteiger partial charge >= 0.3 is 0 Å².